The number of benzene rings is 2. The molecule has 0 saturated heterocycles. The van der Waals surface area contributed by atoms with E-state index in [1.807, 2.05) is 0 Å². The van der Waals surface area contributed by atoms with Crippen LogP contribution in [0, 0.1) is 0 Å². The van der Waals surface area contributed by atoms with Crippen molar-refractivity contribution in [3.63, 3.8) is 0 Å². The first-order chi connectivity index (χ1) is 14.5. The summed E-state index contributed by atoms with van der Waals surface area (Å²) < 4.78 is 21.7. The summed E-state index contributed by atoms with van der Waals surface area (Å²) in [5.41, 5.74) is -0.745. The Morgan fingerprint density at radius 3 is 2.77 bits per heavy atom. The molecule has 0 aliphatic carbocycles. The molecule has 1 unspecified atom stereocenters. The molecule has 1 atom stereocenters. The van der Waals surface area contributed by atoms with Crippen LogP contribution < -0.4 is 25.2 Å². The van der Waals surface area contributed by atoms with E-state index in [-0.39, 0.29) is 30.0 Å². The predicted octanol–water partition coefficient (Wildman–Crippen LogP) is 2.45. The molecule has 1 N–H and O–H groups in total. The number of ether oxygens (including phenoxy) is 3. The van der Waals surface area contributed by atoms with E-state index in [1.165, 1.54) is 24.3 Å². The lowest BCUT2D eigenvalue weighted by atomic mass is 10.1. The third-order valence-corrected chi connectivity index (χ3v) is 4.35. The maximum Gasteiger partial charge on any atom is 0.356 e. The lowest BCUT2D eigenvalue weighted by Crippen LogP contribution is -2.39. The molecule has 3 aromatic rings. The van der Waals surface area contributed by atoms with Gasteiger partial charge in [-0.1, -0.05) is 18.2 Å². The normalized spacial score (nSPS) is 14.7. The molecule has 2 heterocycles. The molecule has 1 aromatic heterocycles. The summed E-state index contributed by atoms with van der Waals surface area (Å²) in [6, 6.07) is 12.9. The van der Waals surface area contributed by atoms with Crippen LogP contribution in [0.1, 0.15) is 10.4 Å². The third-order valence-electron chi connectivity index (χ3n) is 4.35. The number of carbonyl (C=O) groups excluding carboxylic acids is 2. The van der Waals surface area contributed by atoms with Gasteiger partial charge < -0.3 is 23.9 Å². The molecule has 1 aliphatic heterocycles. The van der Waals surface area contributed by atoms with Gasteiger partial charge in [-0.15, -0.1) is 6.58 Å². The molecule has 8 nitrogen and oxygen atoms in total. The van der Waals surface area contributed by atoms with Gasteiger partial charge in [0.2, 0.25) is 6.10 Å². The van der Waals surface area contributed by atoms with Crippen molar-refractivity contribution < 1.29 is 28.2 Å². The maximum atomic E-state index is 12.4. The number of amides is 1. The van der Waals surface area contributed by atoms with Crippen molar-refractivity contribution >= 4 is 22.8 Å². The van der Waals surface area contributed by atoms with E-state index in [1.54, 1.807) is 30.3 Å². The highest BCUT2D eigenvalue weighted by Gasteiger charge is 2.29. The summed E-state index contributed by atoms with van der Waals surface area (Å²) in [5, 5.41) is 3.03. The van der Waals surface area contributed by atoms with Crippen molar-refractivity contribution in [3.05, 3.63) is 77.2 Å². The van der Waals surface area contributed by atoms with Crippen molar-refractivity contribution in [3.8, 4) is 17.2 Å². The predicted molar refractivity (Wildman–Crippen MR) is 107 cm³/mol. The molecule has 1 amide bonds. The Morgan fingerprint density at radius 2 is 1.97 bits per heavy atom. The van der Waals surface area contributed by atoms with Gasteiger partial charge in [0.15, 0.2) is 11.5 Å². The molecule has 0 radical (unpaired) electrons. The zero-order valence-electron chi connectivity index (χ0n) is 15.8. The molecule has 2 aromatic carbocycles. The second-order valence-electron chi connectivity index (χ2n) is 6.43. The van der Waals surface area contributed by atoms with Crippen molar-refractivity contribution in [2.24, 2.45) is 0 Å². The zero-order valence-corrected chi connectivity index (χ0v) is 15.8. The molecule has 0 saturated carbocycles. The fraction of sp³-hybridized carbons (Fsp3) is 0.136. The van der Waals surface area contributed by atoms with Crippen molar-refractivity contribution in [2.45, 2.75) is 6.10 Å². The van der Waals surface area contributed by atoms with Crippen LogP contribution in [0.3, 0.4) is 0 Å². The van der Waals surface area contributed by atoms with E-state index < -0.39 is 23.6 Å². The monoisotopic (exact) mass is 407 g/mol. The van der Waals surface area contributed by atoms with Crippen molar-refractivity contribution in [1.29, 1.82) is 0 Å². The number of para-hydroxylation sites is 2. The minimum Gasteiger partial charge on any atom is -0.485 e. The second-order valence-corrected chi connectivity index (χ2v) is 6.43. The standard InChI is InChI=1S/C22H17NO7/c1-2-9-23-20(24)15-10-13-7-8-14(11-18(13)30-21(15)25)28-22(26)19-12-27-16-5-3-4-6-17(16)29-19/h2-8,10-11,19H,1,9,12H2,(H,23,24). The average Bonchev–Trinajstić information content (AvgIpc) is 2.76. The minimum atomic E-state index is -0.932. The quantitative estimate of drug-likeness (QED) is 0.300. The van der Waals surface area contributed by atoms with E-state index in [2.05, 4.69) is 11.9 Å². The van der Waals surface area contributed by atoms with Gasteiger partial charge in [0.05, 0.1) is 0 Å². The van der Waals surface area contributed by atoms with E-state index in [4.69, 9.17) is 18.6 Å². The Labute approximate surface area is 170 Å². The largest absolute Gasteiger partial charge is 0.485 e. The summed E-state index contributed by atoms with van der Waals surface area (Å²) in [6.07, 6.45) is 0.569. The van der Waals surface area contributed by atoms with Crippen LogP contribution in [0.5, 0.6) is 17.2 Å². The lowest BCUT2D eigenvalue weighted by Gasteiger charge is -2.24. The van der Waals surface area contributed by atoms with Crippen LogP contribution in [-0.2, 0) is 4.79 Å². The second kappa shape index (κ2) is 8.12. The van der Waals surface area contributed by atoms with E-state index in [0.717, 1.165) is 0 Å². The first-order valence-corrected chi connectivity index (χ1v) is 9.12. The summed E-state index contributed by atoms with van der Waals surface area (Å²) in [5.74, 6) is -0.0243. The Morgan fingerprint density at radius 1 is 1.17 bits per heavy atom. The summed E-state index contributed by atoms with van der Waals surface area (Å²) in [6.45, 7) is 3.74. The van der Waals surface area contributed by atoms with Gasteiger partial charge in [0.1, 0.15) is 23.5 Å². The highest BCUT2D eigenvalue weighted by atomic mass is 16.6. The first-order valence-electron chi connectivity index (χ1n) is 9.12. The van der Waals surface area contributed by atoms with E-state index in [0.29, 0.717) is 16.9 Å². The molecule has 0 spiro atoms. The van der Waals surface area contributed by atoms with E-state index in [9.17, 15) is 14.4 Å². The van der Waals surface area contributed by atoms with Crippen LogP contribution in [0.2, 0.25) is 0 Å². The van der Waals surface area contributed by atoms with Crippen LogP contribution >= 0.6 is 0 Å². The van der Waals surface area contributed by atoms with E-state index >= 15 is 0 Å². The van der Waals surface area contributed by atoms with Crippen LogP contribution in [0.4, 0.5) is 0 Å². The van der Waals surface area contributed by atoms with Crippen LogP contribution in [0.25, 0.3) is 11.0 Å². The number of carbonyl (C=O) groups is 2. The Bertz CT molecular complexity index is 1200. The third kappa shape index (κ3) is 3.88. The maximum absolute atomic E-state index is 12.4. The summed E-state index contributed by atoms with van der Waals surface area (Å²) in [7, 11) is 0. The Hall–Kier alpha value is -4.07. The van der Waals surface area contributed by atoms with Gasteiger partial charge in [-0.2, -0.15) is 0 Å². The van der Waals surface area contributed by atoms with Gasteiger partial charge in [0, 0.05) is 18.0 Å². The smallest absolute Gasteiger partial charge is 0.356 e. The van der Waals surface area contributed by atoms with Gasteiger partial charge in [-0.25, -0.2) is 9.59 Å². The molecule has 152 valence electrons. The fourth-order valence-electron chi connectivity index (χ4n) is 2.89. The molecule has 0 bridgehead atoms. The van der Waals surface area contributed by atoms with Crippen LogP contribution in [-0.4, -0.2) is 31.1 Å². The number of nitrogens with one attached hydrogen (secondary N) is 1. The number of rotatable bonds is 5. The number of esters is 1. The van der Waals surface area contributed by atoms with Gasteiger partial charge in [-0.05, 0) is 30.3 Å². The lowest BCUT2D eigenvalue weighted by molar-refractivity contribution is -0.144. The molecule has 30 heavy (non-hydrogen) atoms. The minimum absolute atomic E-state index is 0.0156. The van der Waals surface area contributed by atoms with Crippen molar-refractivity contribution in [2.75, 3.05) is 13.2 Å². The van der Waals surface area contributed by atoms with Gasteiger partial charge >= 0.3 is 11.6 Å². The fourth-order valence-corrected chi connectivity index (χ4v) is 2.89. The SMILES string of the molecule is C=CCNC(=O)c1cc2ccc(OC(=O)C3COc4ccccc4O3)cc2oc1=O. The molecule has 4 rings (SSSR count). The molecule has 1 aliphatic rings. The topological polar surface area (TPSA) is 104 Å². The molecule has 8 heteroatoms. The summed E-state index contributed by atoms with van der Waals surface area (Å²) >= 11 is 0. The van der Waals surface area contributed by atoms with Crippen molar-refractivity contribution in [1.82, 2.24) is 5.32 Å². The highest BCUT2D eigenvalue weighted by molar-refractivity contribution is 5.96. The molecule has 0 fully saturated rings. The van der Waals surface area contributed by atoms with Gasteiger partial charge in [-0.3, -0.25) is 4.79 Å². The molecular formula is C22H17NO7. The first kappa shape index (κ1) is 19.3. The number of hydrogen-bond acceptors (Lipinski definition) is 7. The average molecular weight is 407 g/mol. The van der Waals surface area contributed by atoms with Crippen LogP contribution in [0.15, 0.2) is 70.4 Å². The van der Waals surface area contributed by atoms with Gasteiger partial charge in [0.25, 0.3) is 5.91 Å². The summed E-state index contributed by atoms with van der Waals surface area (Å²) in [4.78, 5) is 36.6. The number of fused-ring (bicyclic) bond motifs is 2. The molecular weight excluding hydrogens is 390 g/mol. The highest BCUT2D eigenvalue weighted by Crippen LogP contribution is 2.31. The Balaban J connectivity index is 1.51. The zero-order chi connectivity index (χ0) is 21.1. The number of hydrogen-bond donors (Lipinski definition) is 1. The Kier molecular flexibility index (Phi) is 5.21.